The minimum absolute atomic E-state index is 0.155. The summed E-state index contributed by atoms with van der Waals surface area (Å²) < 4.78 is 16.9. The van der Waals surface area contributed by atoms with Crippen molar-refractivity contribution in [3.8, 4) is 11.5 Å². The molecule has 0 saturated carbocycles. The molecule has 0 spiro atoms. The summed E-state index contributed by atoms with van der Waals surface area (Å²) in [5.74, 6) is 0.157. The van der Waals surface area contributed by atoms with Gasteiger partial charge in [-0.3, -0.25) is 14.5 Å². The zero-order valence-electron chi connectivity index (χ0n) is 18.8. The Morgan fingerprint density at radius 3 is 2.71 bits per heavy atom. The number of carbonyl (C=O) groups excluding carboxylic acids is 2. The smallest absolute Gasteiger partial charge is 0.266 e. The maximum atomic E-state index is 12.8. The summed E-state index contributed by atoms with van der Waals surface area (Å²) in [6.07, 6.45) is 2.41. The van der Waals surface area contributed by atoms with Crippen LogP contribution in [0, 0.1) is 0 Å². The Morgan fingerprint density at radius 1 is 1.24 bits per heavy atom. The number of ether oxygens (including phenoxy) is 3. The van der Waals surface area contributed by atoms with E-state index in [4.69, 9.17) is 38.0 Å². The van der Waals surface area contributed by atoms with Gasteiger partial charge < -0.3 is 19.5 Å². The second-order valence-corrected chi connectivity index (χ2v) is 9.23. The fourth-order valence-corrected chi connectivity index (χ4v) is 4.72. The normalized spacial score (nSPS) is 14.6. The van der Waals surface area contributed by atoms with Gasteiger partial charge in [-0.15, -0.1) is 0 Å². The third-order valence-electron chi connectivity index (χ3n) is 4.64. The van der Waals surface area contributed by atoms with E-state index in [1.807, 2.05) is 25.1 Å². The molecule has 0 radical (unpaired) electrons. The van der Waals surface area contributed by atoms with Crippen LogP contribution in [0.1, 0.15) is 18.9 Å². The molecular formula is C24H25ClN2O5S2. The first kappa shape index (κ1) is 26.0. The quantitative estimate of drug-likeness (QED) is 0.254. The summed E-state index contributed by atoms with van der Waals surface area (Å²) in [7, 11) is 1.62. The van der Waals surface area contributed by atoms with Crippen molar-refractivity contribution in [2.45, 2.75) is 13.3 Å². The number of amides is 2. The molecule has 0 aliphatic carbocycles. The number of para-hydroxylation sites is 1. The van der Waals surface area contributed by atoms with E-state index in [0.717, 1.165) is 0 Å². The van der Waals surface area contributed by atoms with Crippen molar-refractivity contribution in [1.82, 2.24) is 4.90 Å². The molecule has 3 rings (SSSR count). The minimum Gasteiger partial charge on any atom is -0.490 e. The molecule has 34 heavy (non-hydrogen) atoms. The largest absolute Gasteiger partial charge is 0.490 e. The molecule has 2 amide bonds. The van der Waals surface area contributed by atoms with Gasteiger partial charge in [0.15, 0.2) is 18.1 Å². The number of nitrogens with zero attached hydrogens (tertiary/aromatic N) is 1. The van der Waals surface area contributed by atoms with Gasteiger partial charge in [0.2, 0.25) is 0 Å². The lowest BCUT2D eigenvalue weighted by atomic mass is 10.1. The highest BCUT2D eigenvalue weighted by atomic mass is 35.5. The summed E-state index contributed by atoms with van der Waals surface area (Å²) >= 11 is 13.1. The lowest BCUT2D eigenvalue weighted by Crippen LogP contribution is -2.29. The number of rotatable bonds is 11. The van der Waals surface area contributed by atoms with Gasteiger partial charge >= 0.3 is 0 Å². The topological polar surface area (TPSA) is 77.1 Å². The molecule has 0 bridgehead atoms. The van der Waals surface area contributed by atoms with Gasteiger partial charge in [-0.25, -0.2) is 0 Å². The first-order chi connectivity index (χ1) is 16.4. The van der Waals surface area contributed by atoms with E-state index in [1.165, 1.54) is 11.8 Å². The molecule has 10 heteroatoms. The molecule has 1 fully saturated rings. The number of thioether (sulfide) groups is 1. The number of thiocarbonyl (C=S) groups is 1. The maximum Gasteiger partial charge on any atom is 0.266 e. The van der Waals surface area contributed by atoms with Crippen molar-refractivity contribution in [2.75, 3.05) is 38.8 Å². The standard InChI is InChI=1S/C24H25ClN2O5S2/c1-3-31-19-13-16(14-20-23(29)27(24(33)34-20)10-7-11-30-2)12-18(25)22(19)32-15-21(28)26-17-8-5-4-6-9-17/h4-6,8-9,12-14H,3,7,10-11,15H2,1-2H3,(H,26,28)/b20-14-. The van der Waals surface area contributed by atoms with Crippen LogP contribution in [0.25, 0.3) is 6.08 Å². The lowest BCUT2D eigenvalue weighted by Gasteiger charge is -2.15. The van der Waals surface area contributed by atoms with Crippen molar-refractivity contribution in [3.63, 3.8) is 0 Å². The fraction of sp³-hybridized carbons (Fsp3) is 0.292. The van der Waals surface area contributed by atoms with Gasteiger partial charge in [0.1, 0.15) is 4.32 Å². The predicted octanol–water partition coefficient (Wildman–Crippen LogP) is 4.99. The Balaban J connectivity index is 1.73. The van der Waals surface area contributed by atoms with E-state index in [0.29, 0.717) is 52.4 Å². The molecule has 0 aromatic heterocycles. The zero-order chi connectivity index (χ0) is 24.5. The number of anilines is 1. The van der Waals surface area contributed by atoms with Crippen molar-refractivity contribution < 1.29 is 23.8 Å². The molecule has 1 saturated heterocycles. The Kier molecular flexibility index (Phi) is 9.76. The van der Waals surface area contributed by atoms with Gasteiger partial charge in [0.05, 0.1) is 16.5 Å². The third kappa shape index (κ3) is 6.96. The molecule has 1 aliphatic heterocycles. The molecule has 0 unspecified atom stereocenters. The highest BCUT2D eigenvalue weighted by Crippen LogP contribution is 2.39. The highest BCUT2D eigenvalue weighted by Gasteiger charge is 2.31. The van der Waals surface area contributed by atoms with Crippen molar-refractivity contribution in [3.05, 3.63) is 58.0 Å². The Labute approximate surface area is 213 Å². The number of hydrogen-bond acceptors (Lipinski definition) is 7. The van der Waals surface area contributed by atoms with Crippen molar-refractivity contribution in [2.24, 2.45) is 0 Å². The number of halogens is 1. The van der Waals surface area contributed by atoms with E-state index in [9.17, 15) is 9.59 Å². The first-order valence-electron chi connectivity index (χ1n) is 10.6. The minimum atomic E-state index is -0.328. The monoisotopic (exact) mass is 520 g/mol. The molecule has 7 nitrogen and oxygen atoms in total. The number of methoxy groups -OCH3 is 1. The number of nitrogens with one attached hydrogen (secondary N) is 1. The first-order valence-corrected chi connectivity index (χ1v) is 12.2. The number of carbonyl (C=O) groups is 2. The predicted molar refractivity (Wildman–Crippen MR) is 140 cm³/mol. The molecule has 180 valence electrons. The summed E-state index contributed by atoms with van der Waals surface area (Å²) in [5, 5.41) is 3.02. The van der Waals surface area contributed by atoms with Gasteiger partial charge in [-0.2, -0.15) is 0 Å². The van der Waals surface area contributed by atoms with E-state index in [-0.39, 0.29) is 29.2 Å². The Hall–Kier alpha value is -2.59. The third-order valence-corrected chi connectivity index (χ3v) is 6.30. The summed E-state index contributed by atoms with van der Waals surface area (Å²) in [4.78, 5) is 27.1. The zero-order valence-corrected chi connectivity index (χ0v) is 21.2. The average Bonchev–Trinajstić information content (AvgIpc) is 3.07. The highest BCUT2D eigenvalue weighted by molar-refractivity contribution is 8.26. The van der Waals surface area contributed by atoms with Gasteiger partial charge in [-0.05, 0) is 49.2 Å². The molecule has 2 aromatic carbocycles. The summed E-state index contributed by atoms with van der Waals surface area (Å²) in [5.41, 5.74) is 1.33. The number of benzene rings is 2. The fourth-order valence-electron chi connectivity index (χ4n) is 3.14. The molecule has 1 heterocycles. The maximum absolute atomic E-state index is 12.8. The molecule has 1 aliphatic rings. The van der Waals surface area contributed by atoms with E-state index >= 15 is 0 Å². The van der Waals surface area contributed by atoms with Gasteiger partial charge in [-0.1, -0.05) is 53.8 Å². The molecule has 2 aromatic rings. The summed E-state index contributed by atoms with van der Waals surface area (Å²) in [6, 6.07) is 12.5. The number of hydrogen-bond donors (Lipinski definition) is 1. The van der Waals surface area contributed by atoms with Gasteiger partial charge in [0, 0.05) is 25.9 Å². The SMILES string of the molecule is CCOc1cc(/C=C2\SC(=S)N(CCCOC)C2=O)cc(Cl)c1OCC(=O)Nc1ccccc1. The van der Waals surface area contributed by atoms with Crippen LogP contribution in [0.3, 0.4) is 0 Å². The van der Waals surface area contributed by atoms with Crippen LogP contribution in [0.5, 0.6) is 11.5 Å². The summed E-state index contributed by atoms with van der Waals surface area (Å²) in [6.45, 7) is 3.01. The van der Waals surface area contributed by atoms with Crippen LogP contribution < -0.4 is 14.8 Å². The van der Waals surface area contributed by atoms with E-state index in [2.05, 4.69) is 5.32 Å². The van der Waals surface area contributed by atoms with E-state index < -0.39 is 0 Å². The second kappa shape index (κ2) is 12.8. The van der Waals surface area contributed by atoms with Crippen LogP contribution in [-0.4, -0.2) is 54.5 Å². The second-order valence-electron chi connectivity index (χ2n) is 7.15. The van der Waals surface area contributed by atoms with Gasteiger partial charge in [0.25, 0.3) is 11.8 Å². The molecule has 0 atom stereocenters. The van der Waals surface area contributed by atoms with Crippen molar-refractivity contribution in [1.29, 1.82) is 0 Å². The van der Waals surface area contributed by atoms with Crippen LogP contribution in [0.2, 0.25) is 5.02 Å². The molecule has 1 N–H and O–H groups in total. The van der Waals surface area contributed by atoms with E-state index in [1.54, 1.807) is 42.4 Å². The lowest BCUT2D eigenvalue weighted by molar-refractivity contribution is -0.122. The average molecular weight is 521 g/mol. The van der Waals surface area contributed by atoms with Crippen LogP contribution in [-0.2, 0) is 14.3 Å². The Morgan fingerprint density at radius 2 is 2.00 bits per heavy atom. The van der Waals surface area contributed by atoms with Crippen LogP contribution in [0.4, 0.5) is 5.69 Å². The van der Waals surface area contributed by atoms with Crippen LogP contribution >= 0.6 is 35.6 Å². The molecular weight excluding hydrogens is 496 g/mol. The van der Waals surface area contributed by atoms with Crippen LogP contribution in [0.15, 0.2) is 47.4 Å². The van der Waals surface area contributed by atoms with Crippen molar-refractivity contribution >= 4 is 63.5 Å². The Bertz CT molecular complexity index is 1080.